The van der Waals surface area contributed by atoms with Gasteiger partial charge in [-0.3, -0.25) is 0 Å². The first-order valence-corrected chi connectivity index (χ1v) is 11.0. The van der Waals surface area contributed by atoms with E-state index in [1.807, 2.05) is 0 Å². The van der Waals surface area contributed by atoms with Gasteiger partial charge in [0.1, 0.15) is 5.75 Å². The summed E-state index contributed by atoms with van der Waals surface area (Å²) >= 11 is 0. The first-order valence-electron chi connectivity index (χ1n) is 11.0. The predicted molar refractivity (Wildman–Crippen MR) is 110 cm³/mol. The fourth-order valence-electron chi connectivity index (χ4n) is 4.65. The average Bonchev–Trinajstić information content (AvgIpc) is 2.72. The van der Waals surface area contributed by atoms with Gasteiger partial charge in [0.05, 0.1) is 0 Å². The lowest BCUT2D eigenvalue weighted by atomic mass is 9.79. The molecule has 2 aliphatic rings. The Morgan fingerprint density at radius 2 is 1.62 bits per heavy atom. The molecule has 0 unspecified atom stereocenters. The van der Waals surface area contributed by atoms with Crippen molar-refractivity contribution in [3.63, 3.8) is 0 Å². The number of hydrogen-bond acceptors (Lipinski definition) is 1. The van der Waals surface area contributed by atoms with Crippen LogP contribution in [0.4, 0.5) is 13.2 Å². The van der Waals surface area contributed by atoms with Crippen molar-refractivity contribution in [1.29, 1.82) is 0 Å². The van der Waals surface area contributed by atoms with Crippen molar-refractivity contribution >= 4 is 0 Å². The third-order valence-electron chi connectivity index (χ3n) is 6.52. The molecule has 0 bridgehead atoms. The Kier molecular flexibility index (Phi) is 7.70. The van der Waals surface area contributed by atoms with E-state index in [-0.39, 0.29) is 5.75 Å². The molecule has 4 heteroatoms. The first-order chi connectivity index (χ1) is 13.9. The number of rotatable bonds is 4. The lowest BCUT2D eigenvalue weighted by molar-refractivity contribution is -0.274. The van der Waals surface area contributed by atoms with E-state index in [1.54, 1.807) is 12.1 Å². The van der Waals surface area contributed by atoms with Crippen LogP contribution in [0.15, 0.2) is 36.4 Å². The number of halogens is 3. The van der Waals surface area contributed by atoms with Gasteiger partial charge in [-0.15, -0.1) is 13.2 Å². The van der Waals surface area contributed by atoms with Gasteiger partial charge < -0.3 is 4.74 Å². The zero-order valence-electron chi connectivity index (χ0n) is 17.2. The van der Waals surface area contributed by atoms with Crippen molar-refractivity contribution in [3.8, 4) is 17.6 Å². The molecular weight excluding hydrogens is 373 g/mol. The monoisotopic (exact) mass is 404 g/mol. The second-order valence-electron chi connectivity index (χ2n) is 8.50. The highest BCUT2D eigenvalue weighted by atomic mass is 19.4. The summed E-state index contributed by atoms with van der Waals surface area (Å²) in [4.78, 5) is 0. The topological polar surface area (TPSA) is 9.23 Å². The van der Waals surface area contributed by atoms with E-state index >= 15 is 0 Å². The van der Waals surface area contributed by atoms with E-state index in [0.29, 0.717) is 17.8 Å². The zero-order valence-corrected chi connectivity index (χ0v) is 17.2. The van der Waals surface area contributed by atoms with Gasteiger partial charge in [0.15, 0.2) is 0 Å². The van der Waals surface area contributed by atoms with Crippen molar-refractivity contribution < 1.29 is 17.9 Å². The summed E-state index contributed by atoms with van der Waals surface area (Å²) < 4.78 is 40.7. The first kappa shape index (κ1) is 21.8. The Labute approximate surface area is 172 Å². The fourth-order valence-corrected chi connectivity index (χ4v) is 4.65. The van der Waals surface area contributed by atoms with E-state index in [9.17, 15) is 13.2 Å². The van der Waals surface area contributed by atoms with Crippen LogP contribution in [-0.2, 0) is 0 Å². The number of benzene rings is 1. The largest absolute Gasteiger partial charge is 0.573 e. The average molecular weight is 405 g/mol. The molecule has 0 heterocycles. The summed E-state index contributed by atoms with van der Waals surface area (Å²) in [5.74, 6) is 8.96. The second-order valence-corrected chi connectivity index (χ2v) is 8.50. The summed E-state index contributed by atoms with van der Waals surface area (Å²) in [7, 11) is 0. The van der Waals surface area contributed by atoms with E-state index in [1.165, 1.54) is 44.2 Å². The molecule has 2 fully saturated rings. The fraction of sp³-hybridized carbons (Fsp3) is 0.600. The Bertz CT molecular complexity index is 707. The minimum Gasteiger partial charge on any atom is -0.406 e. The number of allylic oxidation sites excluding steroid dienone is 2. The number of ether oxygens (including phenoxy) is 1. The highest BCUT2D eigenvalue weighted by molar-refractivity contribution is 5.30. The van der Waals surface area contributed by atoms with Crippen LogP contribution in [-0.4, -0.2) is 6.36 Å². The molecule has 0 radical (unpaired) electrons. The van der Waals surface area contributed by atoms with Crippen LogP contribution in [0.5, 0.6) is 5.75 Å². The van der Waals surface area contributed by atoms with Crippen molar-refractivity contribution in [2.24, 2.45) is 17.8 Å². The standard InChI is InChI=1S/C25H31F3O/c1-2-19-7-9-20(10-8-19)5-3-4-6-21-11-13-22(14-12-21)23-15-17-24(18-16-23)29-25(26,27)28/h3,5,15-22H,2,7-14H2,1H3/t19-,20-,21-,22-. The molecule has 3 rings (SSSR count). The smallest absolute Gasteiger partial charge is 0.406 e. The molecule has 1 aromatic rings. The lowest BCUT2D eigenvalue weighted by Gasteiger charge is -2.26. The lowest BCUT2D eigenvalue weighted by Crippen LogP contribution is -2.17. The maximum atomic E-state index is 12.3. The van der Waals surface area contributed by atoms with Crippen molar-refractivity contribution in [1.82, 2.24) is 0 Å². The third-order valence-corrected chi connectivity index (χ3v) is 6.52. The van der Waals surface area contributed by atoms with Crippen LogP contribution < -0.4 is 4.74 Å². The van der Waals surface area contributed by atoms with Gasteiger partial charge in [-0.2, -0.15) is 0 Å². The number of hydrogen-bond donors (Lipinski definition) is 0. The summed E-state index contributed by atoms with van der Waals surface area (Å²) in [6, 6.07) is 6.34. The van der Waals surface area contributed by atoms with E-state index in [0.717, 1.165) is 37.2 Å². The van der Waals surface area contributed by atoms with Crippen LogP contribution in [0.3, 0.4) is 0 Å². The van der Waals surface area contributed by atoms with Gasteiger partial charge in [0.2, 0.25) is 0 Å². The molecule has 158 valence electrons. The van der Waals surface area contributed by atoms with Crippen molar-refractivity contribution in [2.75, 3.05) is 0 Å². The molecule has 0 atom stereocenters. The van der Waals surface area contributed by atoms with Gasteiger partial charge in [-0.1, -0.05) is 43.4 Å². The van der Waals surface area contributed by atoms with Crippen molar-refractivity contribution in [3.05, 3.63) is 42.0 Å². The Morgan fingerprint density at radius 3 is 2.21 bits per heavy atom. The molecule has 0 spiro atoms. The quantitative estimate of drug-likeness (QED) is 0.469. The van der Waals surface area contributed by atoms with E-state index < -0.39 is 6.36 Å². The van der Waals surface area contributed by atoms with E-state index in [2.05, 4.69) is 35.7 Å². The van der Waals surface area contributed by atoms with Gasteiger partial charge in [-0.05, 0) is 92.9 Å². The summed E-state index contributed by atoms with van der Waals surface area (Å²) in [6.07, 6.45) is 10.5. The summed E-state index contributed by atoms with van der Waals surface area (Å²) in [5, 5.41) is 0. The van der Waals surface area contributed by atoms with Crippen LogP contribution in [0.2, 0.25) is 0 Å². The van der Waals surface area contributed by atoms with Crippen LogP contribution in [0.1, 0.15) is 76.2 Å². The minimum atomic E-state index is -4.64. The minimum absolute atomic E-state index is 0.157. The number of alkyl halides is 3. The van der Waals surface area contributed by atoms with Gasteiger partial charge in [0.25, 0.3) is 0 Å². The molecule has 0 amide bonds. The SMILES string of the molecule is CC[C@H]1CC[C@H](C=CC#C[C@H]2CC[C@H](c3ccc(OC(F)(F)F)cc3)CC2)CC1. The molecule has 29 heavy (non-hydrogen) atoms. The Hall–Kier alpha value is -1.89. The molecule has 2 saturated carbocycles. The zero-order chi connectivity index (χ0) is 20.7. The van der Waals surface area contributed by atoms with Gasteiger partial charge in [0, 0.05) is 5.92 Å². The van der Waals surface area contributed by atoms with Gasteiger partial charge in [-0.25, -0.2) is 0 Å². The molecule has 2 aliphatic carbocycles. The maximum Gasteiger partial charge on any atom is 0.573 e. The van der Waals surface area contributed by atoms with E-state index in [4.69, 9.17) is 0 Å². The maximum absolute atomic E-state index is 12.3. The predicted octanol–water partition coefficient (Wildman–Crippen LogP) is 7.64. The summed E-state index contributed by atoms with van der Waals surface area (Å²) in [6.45, 7) is 2.29. The second kappa shape index (κ2) is 10.2. The highest BCUT2D eigenvalue weighted by Crippen LogP contribution is 2.36. The molecule has 1 aromatic carbocycles. The van der Waals surface area contributed by atoms with Crippen LogP contribution in [0.25, 0.3) is 0 Å². The molecule has 0 saturated heterocycles. The Morgan fingerprint density at radius 1 is 0.966 bits per heavy atom. The third kappa shape index (κ3) is 7.14. The molecule has 1 nitrogen and oxygen atoms in total. The molecule has 0 N–H and O–H groups in total. The molecular formula is C25H31F3O. The Balaban J connectivity index is 1.42. The van der Waals surface area contributed by atoms with Crippen molar-refractivity contribution in [2.45, 2.75) is 77.0 Å². The van der Waals surface area contributed by atoms with Crippen LogP contribution >= 0.6 is 0 Å². The summed E-state index contributed by atoms with van der Waals surface area (Å²) in [5.41, 5.74) is 1.09. The molecule has 0 aliphatic heterocycles. The van der Waals surface area contributed by atoms with Gasteiger partial charge >= 0.3 is 6.36 Å². The highest BCUT2D eigenvalue weighted by Gasteiger charge is 2.31. The van der Waals surface area contributed by atoms with Crippen LogP contribution in [0, 0.1) is 29.6 Å². The normalized spacial score (nSPS) is 28.0. The molecule has 0 aromatic heterocycles.